The number of carboxylic acids is 1. The van der Waals surface area contributed by atoms with Crippen molar-refractivity contribution in [3.63, 3.8) is 0 Å². The van der Waals surface area contributed by atoms with Gasteiger partial charge in [-0.25, -0.2) is 9.78 Å². The molecule has 1 aromatic heterocycles. The number of carboxylic acid groups (broad SMARTS) is 1. The molecule has 7 nitrogen and oxygen atoms in total. The molecule has 0 unspecified atom stereocenters. The average molecular weight is 252 g/mol. The van der Waals surface area contributed by atoms with Crippen LogP contribution >= 0.6 is 0 Å². The van der Waals surface area contributed by atoms with Crippen LogP contribution in [0, 0.1) is 0 Å². The van der Waals surface area contributed by atoms with Crippen molar-refractivity contribution in [2.24, 2.45) is 0 Å². The number of aromatic nitrogens is 1. The third-order valence-electron chi connectivity index (χ3n) is 2.49. The highest BCUT2D eigenvalue weighted by atomic mass is 16.4. The van der Waals surface area contributed by atoms with Gasteiger partial charge in [-0.05, 0) is 13.0 Å². The van der Waals surface area contributed by atoms with E-state index in [1.807, 2.05) is 6.92 Å². The van der Waals surface area contributed by atoms with Crippen LogP contribution in [0.2, 0.25) is 0 Å². The number of amides is 1. The van der Waals surface area contributed by atoms with Gasteiger partial charge in [0.25, 0.3) is 0 Å². The molecule has 0 radical (unpaired) electrons. The molecule has 1 rings (SSSR count). The maximum Gasteiger partial charge on any atom is 0.337 e. The summed E-state index contributed by atoms with van der Waals surface area (Å²) in [6, 6.07) is 1.30. The molecule has 0 aliphatic heterocycles. The molecule has 0 aromatic carbocycles. The van der Waals surface area contributed by atoms with E-state index in [1.165, 1.54) is 12.3 Å². The molecule has 0 saturated heterocycles. The minimum absolute atomic E-state index is 0.0382. The Balaban J connectivity index is 2.72. The molecule has 1 amide bonds. The second-order valence-electron chi connectivity index (χ2n) is 3.72. The Morgan fingerprint density at radius 3 is 2.78 bits per heavy atom. The molecule has 4 N–H and O–H groups in total. The first-order valence-corrected chi connectivity index (χ1v) is 5.42. The molecule has 0 aliphatic carbocycles. The lowest BCUT2D eigenvalue weighted by Crippen LogP contribution is -2.32. The number of nitrogen functional groups attached to an aromatic ring is 1. The van der Waals surface area contributed by atoms with Crippen LogP contribution in [-0.4, -0.2) is 47.0 Å². The van der Waals surface area contributed by atoms with E-state index < -0.39 is 5.97 Å². The zero-order valence-corrected chi connectivity index (χ0v) is 10.3. The van der Waals surface area contributed by atoms with Crippen molar-refractivity contribution in [1.29, 1.82) is 0 Å². The molecule has 0 bridgehead atoms. The van der Waals surface area contributed by atoms with Gasteiger partial charge in [0.2, 0.25) is 5.91 Å². The van der Waals surface area contributed by atoms with Crippen molar-refractivity contribution in [1.82, 2.24) is 9.88 Å². The van der Waals surface area contributed by atoms with Gasteiger partial charge in [0.1, 0.15) is 5.82 Å². The van der Waals surface area contributed by atoms with Crippen molar-refractivity contribution in [3.8, 4) is 0 Å². The largest absolute Gasteiger partial charge is 0.478 e. The van der Waals surface area contributed by atoms with Gasteiger partial charge < -0.3 is 21.1 Å². The summed E-state index contributed by atoms with van der Waals surface area (Å²) < 4.78 is 0. The molecule has 0 atom stereocenters. The smallest absolute Gasteiger partial charge is 0.337 e. The number of aromatic carboxylic acids is 1. The topological polar surface area (TPSA) is 109 Å². The van der Waals surface area contributed by atoms with Crippen LogP contribution in [0.15, 0.2) is 12.3 Å². The molecule has 0 aliphatic rings. The second kappa shape index (κ2) is 5.85. The van der Waals surface area contributed by atoms with Gasteiger partial charge in [0.15, 0.2) is 0 Å². The number of nitrogens with zero attached hydrogens (tertiary/aromatic N) is 2. The number of likely N-dealkylation sites (N-methyl/N-ethyl adjacent to an activating group) is 1. The predicted octanol–water partition coefficient (Wildman–Crippen LogP) is 0.252. The third kappa shape index (κ3) is 3.34. The highest BCUT2D eigenvalue weighted by Crippen LogP contribution is 2.14. The number of carbonyl (C=O) groups is 2. The van der Waals surface area contributed by atoms with E-state index in [0.29, 0.717) is 12.4 Å². The summed E-state index contributed by atoms with van der Waals surface area (Å²) in [5.74, 6) is -0.928. The quantitative estimate of drug-likeness (QED) is 0.693. The summed E-state index contributed by atoms with van der Waals surface area (Å²) in [7, 11) is 1.68. The number of nitrogens with two attached hydrogens (primary N) is 1. The van der Waals surface area contributed by atoms with Gasteiger partial charge in [0, 0.05) is 13.6 Å². The Morgan fingerprint density at radius 1 is 1.56 bits per heavy atom. The van der Waals surface area contributed by atoms with Crippen LogP contribution in [-0.2, 0) is 4.79 Å². The Bertz CT molecular complexity index is 462. The molecule has 18 heavy (non-hydrogen) atoms. The molecule has 98 valence electrons. The lowest BCUT2D eigenvalue weighted by Gasteiger charge is -2.15. The number of nitrogens with one attached hydrogen (secondary N) is 1. The number of rotatable bonds is 5. The van der Waals surface area contributed by atoms with Gasteiger partial charge in [-0.2, -0.15) is 0 Å². The second-order valence-corrected chi connectivity index (χ2v) is 3.72. The Labute approximate surface area is 105 Å². The zero-order chi connectivity index (χ0) is 13.7. The SMILES string of the molecule is CCN(C)C(=O)CNc1cc(C(=O)O)c(N)cn1. The van der Waals surface area contributed by atoms with E-state index in [-0.39, 0.29) is 23.7 Å². The van der Waals surface area contributed by atoms with Gasteiger partial charge >= 0.3 is 5.97 Å². The van der Waals surface area contributed by atoms with Crippen LogP contribution < -0.4 is 11.1 Å². The third-order valence-corrected chi connectivity index (χ3v) is 2.49. The van der Waals surface area contributed by atoms with Gasteiger partial charge in [-0.15, -0.1) is 0 Å². The minimum atomic E-state index is -1.13. The first kappa shape index (κ1) is 13.8. The van der Waals surface area contributed by atoms with Crippen LogP contribution in [0.5, 0.6) is 0 Å². The molecule has 7 heteroatoms. The first-order chi connectivity index (χ1) is 8.45. The highest BCUT2D eigenvalue weighted by molar-refractivity contribution is 5.94. The van der Waals surface area contributed by atoms with Crippen LogP contribution in [0.4, 0.5) is 11.5 Å². The lowest BCUT2D eigenvalue weighted by atomic mass is 10.2. The fraction of sp³-hybridized carbons (Fsp3) is 0.364. The summed E-state index contributed by atoms with van der Waals surface area (Å²) in [4.78, 5) is 27.8. The predicted molar refractivity (Wildman–Crippen MR) is 67.4 cm³/mol. The normalized spacial score (nSPS) is 9.89. The van der Waals surface area contributed by atoms with Crippen molar-refractivity contribution in [2.45, 2.75) is 6.92 Å². The van der Waals surface area contributed by atoms with Crippen molar-refractivity contribution in [3.05, 3.63) is 17.8 Å². The van der Waals surface area contributed by atoms with Crippen LogP contribution in [0.1, 0.15) is 17.3 Å². The lowest BCUT2D eigenvalue weighted by molar-refractivity contribution is -0.127. The van der Waals surface area contributed by atoms with Gasteiger partial charge in [0.05, 0.1) is 24.0 Å². The molecular weight excluding hydrogens is 236 g/mol. The number of anilines is 2. The summed E-state index contributed by atoms with van der Waals surface area (Å²) in [5.41, 5.74) is 5.52. The fourth-order valence-corrected chi connectivity index (χ4v) is 1.23. The van der Waals surface area contributed by atoms with E-state index in [4.69, 9.17) is 10.8 Å². The van der Waals surface area contributed by atoms with Crippen molar-refractivity contribution < 1.29 is 14.7 Å². The Hall–Kier alpha value is -2.31. The maximum absolute atomic E-state index is 11.5. The van der Waals surface area contributed by atoms with E-state index in [2.05, 4.69) is 10.3 Å². The summed E-state index contributed by atoms with van der Waals surface area (Å²) in [6.07, 6.45) is 1.25. The van der Waals surface area contributed by atoms with E-state index in [0.717, 1.165) is 0 Å². The fourth-order valence-electron chi connectivity index (χ4n) is 1.23. The van der Waals surface area contributed by atoms with Crippen LogP contribution in [0.25, 0.3) is 0 Å². The highest BCUT2D eigenvalue weighted by Gasteiger charge is 2.11. The van der Waals surface area contributed by atoms with E-state index in [9.17, 15) is 9.59 Å². The van der Waals surface area contributed by atoms with Crippen molar-refractivity contribution in [2.75, 3.05) is 31.2 Å². The molecule has 0 fully saturated rings. The number of hydrogen-bond donors (Lipinski definition) is 3. The molecule has 0 saturated carbocycles. The van der Waals surface area contributed by atoms with Gasteiger partial charge in [-0.1, -0.05) is 0 Å². The van der Waals surface area contributed by atoms with E-state index in [1.54, 1.807) is 11.9 Å². The first-order valence-electron chi connectivity index (χ1n) is 5.42. The maximum atomic E-state index is 11.5. The molecule has 1 aromatic rings. The van der Waals surface area contributed by atoms with Gasteiger partial charge in [-0.3, -0.25) is 4.79 Å². The zero-order valence-electron chi connectivity index (χ0n) is 10.3. The molecule has 1 heterocycles. The number of pyridine rings is 1. The summed E-state index contributed by atoms with van der Waals surface area (Å²) >= 11 is 0. The average Bonchev–Trinajstić information content (AvgIpc) is 2.36. The molecule has 0 spiro atoms. The Kier molecular flexibility index (Phi) is 4.47. The molecular formula is C11H16N4O3. The Morgan fingerprint density at radius 2 is 2.22 bits per heavy atom. The summed E-state index contributed by atoms with van der Waals surface area (Å²) in [6.45, 7) is 2.53. The number of hydrogen-bond acceptors (Lipinski definition) is 5. The minimum Gasteiger partial charge on any atom is -0.478 e. The number of carbonyl (C=O) groups excluding carboxylic acids is 1. The summed E-state index contributed by atoms with van der Waals surface area (Å²) in [5, 5.41) is 11.6. The van der Waals surface area contributed by atoms with E-state index >= 15 is 0 Å². The van der Waals surface area contributed by atoms with Crippen LogP contribution in [0.3, 0.4) is 0 Å². The van der Waals surface area contributed by atoms with Crippen molar-refractivity contribution >= 4 is 23.4 Å². The monoisotopic (exact) mass is 252 g/mol. The standard InChI is InChI=1S/C11H16N4O3/c1-3-15(2)10(16)6-14-9-4-7(11(17)18)8(12)5-13-9/h4-5H,3,6,12H2,1-2H3,(H,13,14)(H,17,18).